The molecule has 0 aromatic heterocycles. The van der Waals surface area contributed by atoms with Crippen LogP contribution in [0.25, 0.3) is 0 Å². The second-order valence-corrected chi connectivity index (χ2v) is 4.80. The summed E-state index contributed by atoms with van der Waals surface area (Å²) in [4.78, 5) is 13.4. The molecule has 1 aromatic rings. The Balaban J connectivity index is 2.28. The summed E-state index contributed by atoms with van der Waals surface area (Å²) in [5, 5.41) is 2.84. The van der Waals surface area contributed by atoms with Crippen molar-refractivity contribution in [2.75, 3.05) is 18.0 Å². The van der Waals surface area contributed by atoms with Crippen molar-refractivity contribution >= 4 is 27.6 Å². The summed E-state index contributed by atoms with van der Waals surface area (Å²) in [5.41, 5.74) is 7.59. The molecule has 1 unspecified atom stereocenters. The average Bonchev–Trinajstić information content (AvgIpc) is 2.60. The standard InChI is InChI=1S/C11H14BrN3O/c1-7-2-3-10(9(12)4-7)15-6-8(5-13)14-11(15)16/h2-4,8H,5-6,13H2,1H3,(H,14,16). The molecule has 0 bridgehead atoms. The SMILES string of the molecule is Cc1ccc(N2CC(CN)NC2=O)c(Br)c1. The highest BCUT2D eigenvalue weighted by Gasteiger charge is 2.29. The number of carbonyl (C=O) groups is 1. The minimum atomic E-state index is -0.0833. The van der Waals surface area contributed by atoms with Crippen molar-refractivity contribution in [2.24, 2.45) is 5.73 Å². The number of nitrogens with one attached hydrogen (secondary N) is 1. The fourth-order valence-corrected chi connectivity index (χ4v) is 2.48. The molecule has 1 aromatic carbocycles. The highest BCUT2D eigenvalue weighted by Crippen LogP contribution is 2.28. The summed E-state index contributed by atoms with van der Waals surface area (Å²) in [5.74, 6) is 0. The summed E-state index contributed by atoms with van der Waals surface area (Å²) in [6, 6.07) is 5.89. The minimum Gasteiger partial charge on any atom is -0.332 e. The predicted octanol–water partition coefficient (Wildman–Crippen LogP) is 1.61. The van der Waals surface area contributed by atoms with Gasteiger partial charge in [-0.2, -0.15) is 0 Å². The zero-order valence-corrected chi connectivity index (χ0v) is 10.6. The van der Waals surface area contributed by atoms with E-state index in [4.69, 9.17) is 5.73 Å². The molecule has 1 aliphatic heterocycles. The molecular formula is C11H14BrN3O. The summed E-state index contributed by atoms with van der Waals surface area (Å²) in [6.45, 7) is 3.10. The molecule has 0 saturated carbocycles. The number of hydrogen-bond donors (Lipinski definition) is 2. The van der Waals surface area contributed by atoms with E-state index in [1.165, 1.54) is 0 Å². The van der Waals surface area contributed by atoms with Crippen molar-refractivity contribution < 1.29 is 4.79 Å². The van der Waals surface area contributed by atoms with Crippen molar-refractivity contribution in [3.8, 4) is 0 Å². The molecule has 1 saturated heterocycles. The number of nitrogens with two attached hydrogens (primary N) is 1. The summed E-state index contributed by atoms with van der Waals surface area (Å²) in [7, 11) is 0. The summed E-state index contributed by atoms with van der Waals surface area (Å²) < 4.78 is 0.931. The maximum absolute atomic E-state index is 11.7. The third-order valence-corrected chi connectivity index (χ3v) is 3.29. The Hall–Kier alpha value is -1.07. The molecule has 2 rings (SSSR count). The second kappa shape index (κ2) is 4.43. The monoisotopic (exact) mass is 283 g/mol. The van der Waals surface area contributed by atoms with Gasteiger partial charge in [0, 0.05) is 17.6 Å². The average molecular weight is 284 g/mol. The molecule has 1 aliphatic rings. The van der Waals surface area contributed by atoms with Crippen LogP contribution in [0.5, 0.6) is 0 Å². The zero-order chi connectivity index (χ0) is 11.7. The van der Waals surface area contributed by atoms with E-state index in [2.05, 4.69) is 21.2 Å². The molecule has 3 N–H and O–H groups in total. The topological polar surface area (TPSA) is 58.4 Å². The Kier molecular flexibility index (Phi) is 3.16. The number of hydrogen-bond acceptors (Lipinski definition) is 2. The van der Waals surface area contributed by atoms with Gasteiger partial charge in [-0.3, -0.25) is 4.90 Å². The van der Waals surface area contributed by atoms with Gasteiger partial charge in [-0.1, -0.05) is 6.07 Å². The van der Waals surface area contributed by atoms with Gasteiger partial charge in [0.15, 0.2) is 0 Å². The molecule has 0 aliphatic carbocycles. The lowest BCUT2D eigenvalue weighted by molar-refractivity contribution is 0.251. The van der Waals surface area contributed by atoms with E-state index < -0.39 is 0 Å². The number of rotatable bonds is 2. The predicted molar refractivity (Wildman–Crippen MR) is 67.6 cm³/mol. The number of amides is 2. The van der Waals surface area contributed by atoms with Crippen molar-refractivity contribution in [3.05, 3.63) is 28.2 Å². The van der Waals surface area contributed by atoms with E-state index >= 15 is 0 Å². The number of urea groups is 1. The van der Waals surface area contributed by atoms with E-state index in [9.17, 15) is 4.79 Å². The summed E-state index contributed by atoms with van der Waals surface area (Å²) >= 11 is 3.47. The van der Waals surface area contributed by atoms with Gasteiger partial charge in [0.25, 0.3) is 0 Å². The van der Waals surface area contributed by atoms with Crippen LogP contribution in [0.4, 0.5) is 10.5 Å². The lowest BCUT2D eigenvalue weighted by Gasteiger charge is -2.16. The Morgan fingerprint density at radius 3 is 2.94 bits per heavy atom. The Morgan fingerprint density at radius 1 is 1.62 bits per heavy atom. The molecule has 0 spiro atoms. The van der Waals surface area contributed by atoms with Crippen LogP contribution >= 0.6 is 15.9 Å². The molecule has 86 valence electrons. The normalized spacial score (nSPS) is 20.1. The van der Waals surface area contributed by atoms with Crippen molar-refractivity contribution in [3.63, 3.8) is 0 Å². The Morgan fingerprint density at radius 2 is 2.38 bits per heavy atom. The zero-order valence-electron chi connectivity index (χ0n) is 9.03. The molecule has 1 fully saturated rings. The van der Waals surface area contributed by atoms with E-state index in [1.807, 2.05) is 25.1 Å². The highest BCUT2D eigenvalue weighted by atomic mass is 79.9. The van der Waals surface area contributed by atoms with Gasteiger partial charge < -0.3 is 11.1 Å². The first-order chi connectivity index (χ1) is 7.61. The fourth-order valence-electron chi connectivity index (χ4n) is 1.77. The highest BCUT2D eigenvalue weighted by molar-refractivity contribution is 9.10. The third-order valence-electron chi connectivity index (χ3n) is 2.65. The first-order valence-electron chi connectivity index (χ1n) is 5.16. The molecular weight excluding hydrogens is 270 g/mol. The minimum absolute atomic E-state index is 0.0423. The van der Waals surface area contributed by atoms with Crippen LogP contribution in [0.3, 0.4) is 0 Å². The van der Waals surface area contributed by atoms with Gasteiger partial charge in [0.1, 0.15) is 0 Å². The van der Waals surface area contributed by atoms with Gasteiger partial charge in [-0.15, -0.1) is 0 Å². The maximum atomic E-state index is 11.7. The van der Waals surface area contributed by atoms with E-state index in [1.54, 1.807) is 4.90 Å². The molecule has 1 heterocycles. The van der Waals surface area contributed by atoms with Gasteiger partial charge in [0.2, 0.25) is 0 Å². The Bertz CT molecular complexity index is 422. The van der Waals surface area contributed by atoms with Crippen molar-refractivity contribution in [1.82, 2.24) is 5.32 Å². The lowest BCUT2D eigenvalue weighted by Crippen LogP contribution is -2.33. The molecule has 0 radical (unpaired) electrons. The second-order valence-electron chi connectivity index (χ2n) is 3.95. The smallest absolute Gasteiger partial charge is 0.322 e. The lowest BCUT2D eigenvalue weighted by atomic mass is 10.2. The third kappa shape index (κ3) is 2.05. The van der Waals surface area contributed by atoms with E-state index in [0.717, 1.165) is 15.7 Å². The first kappa shape index (κ1) is 11.4. The molecule has 2 amide bonds. The van der Waals surface area contributed by atoms with Crippen LogP contribution in [0.2, 0.25) is 0 Å². The van der Waals surface area contributed by atoms with E-state index in [-0.39, 0.29) is 12.1 Å². The first-order valence-corrected chi connectivity index (χ1v) is 5.95. The molecule has 5 heteroatoms. The number of anilines is 1. The van der Waals surface area contributed by atoms with Crippen LogP contribution in [0, 0.1) is 6.92 Å². The summed E-state index contributed by atoms with van der Waals surface area (Å²) in [6.07, 6.45) is 0. The van der Waals surface area contributed by atoms with Crippen LogP contribution in [0.1, 0.15) is 5.56 Å². The van der Waals surface area contributed by atoms with Crippen LogP contribution in [-0.2, 0) is 0 Å². The number of halogens is 1. The van der Waals surface area contributed by atoms with Crippen LogP contribution in [0.15, 0.2) is 22.7 Å². The van der Waals surface area contributed by atoms with Crippen LogP contribution < -0.4 is 16.0 Å². The van der Waals surface area contributed by atoms with Gasteiger partial charge in [-0.05, 0) is 40.5 Å². The number of aryl methyl sites for hydroxylation is 1. The molecule has 4 nitrogen and oxygen atoms in total. The number of nitrogens with zero attached hydrogens (tertiary/aromatic N) is 1. The Labute approximate surface area is 103 Å². The van der Waals surface area contributed by atoms with Crippen molar-refractivity contribution in [2.45, 2.75) is 13.0 Å². The largest absolute Gasteiger partial charge is 0.332 e. The van der Waals surface area contributed by atoms with E-state index in [0.29, 0.717) is 13.1 Å². The van der Waals surface area contributed by atoms with Gasteiger partial charge in [-0.25, -0.2) is 4.79 Å². The number of carbonyl (C=O) groups excluding carboxylic acids is 1. The molecule has 16 heavy (non-hydrogen) atoms. The number of benzene rings is 1. The van der Waals surface area contributed by atoms with Gasteiger partial charge in [0.05, 0.1) is 11.7 Å². The van der Waals surface area contributed by atoms with Crippen LogP contribution in [-0.4, -0.2) is 25.2 Å². The maximum Gasteiger partial charge on any atom is 0.322 e. The van der Waals surface area contributed by atoms with Crippen molar-refractivity contribution in [1.29, 1.82) is 0 Å². The fraction of sp³-hybridized carbons (Fsp3) is 0.364. The molecule has 1 atom stereocenters. The van der Waals surface area contributed by atoms with Gasteiger partial charge >= 0.3 is 6.03 Å². The quantitative estimate of drug-likeness (QED) is 0.867.